The minimum atomic E-state index is -0.798. The highest BCUT2D eigenvalue weighted by Gasteiger charge is 2.34. The molecule has 1 heterocycles. The lowest BCUT2D eigenvalue weighted by Crippen LogP contribution is -2.46. The summed E-state index contributed by atoms with van der Waals surface area (Å²) in [5.74, 6) is 0. The van der Waals surface area contributed by atoms with Gasteiger partial charge in [0, 0.05) is 7.11 Å². The number of ether oxygens (including phenoxy) is 3. The fourth-order valence-electron chi connectivity index (χ4n) is 4.08. The Bertz CT molecular complexity index is 339. The van der Waals surface area contributed by atoms with Crippen LogP contribution >= 0.6 is 0 Å². The molecule has 0 saturated carbocycles. The Hall–Kier alpha value is -0.200. The van der Waals surface area contributed by atoms with Crippen molar-refractivity contribution in [3.8, 4) is 0 Å². The molecule has 0 aromatic heterocycles. The number of methoxy groups -OCH3 is 1. The van der Waals surface area contributed by atoms with Crippen molar-refractivity contribution in [2.24, 2.45) is 0 Å². The van der Waals surface area contributed by atoms with E-state index in [0.717, 1.165) is 19.3 Å². The molecule has 0 aromatic carbocycles. The summed E-state index contributed by atoms with van der Waals surface area (Å²) in [6, 6.07) is 0. The van der Waals surface area contributed by atoms with Crippen molar-refractivity contribution in [3.63, 3.8) is 0 Å². The molecule has 4 atom stereocenters. The molecular weight excluding hydrogens is 356 g/mol. The molecule has 0 unspecified atom stereocenters. The molecule has 168 valence electrons. The highest BCUT2D eigenvalue weighted by molar-refractivity contribution is 4.83. The van der Waals surface area contributed by atoms with Crippen molar-refractivity contribution in [2.75, 3.05) is 20.5 Å². The molecule has 5 heteroatoms. The Morgan fingerprint density at radius 1 is 0.893 bits per heavy atom. The molecule has 1 fully saturated rings. The summed E-state index contributed by atoms with van der Waals surface area (Å²) in [6.45, 7) is 2.29. The van der Waals surface area contributed by atoms with E-state index < -0.39 is 6.10 Å². The van der Waals surface area contributed by atoms with E-state index in [1.165, 1.54) is 70.6 Å². The van der Waals surface area contributed by atoms with Crippen LogP contribution in [0, 0.1) is 0 Å². The zero-order valence-electron chi connectivity index (χ0n) is 18.4. The Labute approximate surface area is 173 Å². The number of hydrogen-bond acceptors (Lipinski definition) is 5. The molecule has 2 N–H and O–H groups in total. The topological polar surface area (TPSA) is 68.2 Å². The number of hydrogen-bond donors (Lipinski definition) is 2. The van der Waals surface area contributed by atoms with E-state index in [2.05, 4.69) is 6.92 Å². The first kappa shape index (κ1) is 25.8. The molecule has 0 aliphatic carbocycles. The van der Waals surface area contributed by atoms with Gasteiger partial charge in [-0.1, -0.05) is 84.0 Å². The standard InChI is InChI=1S/C23H46O5/c1-3-4-5-6-7-8-9-10-11-12-13-14-15-23-22(27-19-26-2)17-16-21(28-23)20(25)18-24/h20-25H,3-19H2,1-2H3/t20-,21+,22+,23+/m0/s1. The molecule has 0 spiro atoms. The first-order chi connectivity index (χ1) is 13.7. The Kier molecular flexibility index (Phi) is 16.3. The van der Waals surface area contributed by atoms with Gasteiger partial charge >= 0.3 is 0 Å². The van der Waals surface area contributed by atoms with Crippen molar-refractivity contribution < 1.29 is 24.4 Å². The maximum atomic E-state index is 9.90. The van der Waals surface area contributed by atoms with Gasteiger partial charge < -0.3 is 24.4 Å². The molecule has 0 radical (unpaired) electrons. The zero-order valence-corrected chi connectivity index (χ0v) is 18.4. The maximum Gasteiger partial charge on any atom is 0.146 e. The summed E-state index contributed by atoms with van der Waals surface area (Å²) >= 11 is 0. The van der Waals surface area contributed by atoms with Crippen LogP contribution in [0.1, 0.15) is 103 Å². The van der Waals surface area contributed by atoms with Crippen LogP contribution in [0.5, 0.6) is 0 Å². The SMILES string of the molecule is CCCCCCCCCCCCCC[C@H]1O[C@@H]([C@@H](O)CO)CC[C@H]1OCOC. The van der Waals surface area contributed by atoms with E-state index in [9.17, 15) is 10.2 Å². The summed E-state index contributed by atoms with van der Waals surface area (Å²) < 4.78 is 16.9. The number of unbranched alkanes of at least 4 members (excludes halogenated alkanes) is 11. The van der Waals surface area contributed by atoms with E-state index in [-0.39, 0.29) is 31.7 Å². The van der Waals surface area contributed by atoms with Gasteiger partial charge in [-0.15, -0.1) is 0 Å². The third-order valence-electron chi connectivity index (χ3n) is 5.86. The zero-order chi connectivity index (χ0) is 20.5. The fraction of sp³-hybridized carbons (Fsp3) is 1.00. The average Bonchev–Trinajstić information content (AvgIpc) is 2.72. The molecular formula is C23H46O5. The Balaban J connectivity index is 2.10. The van der Waals surface area contributed by atoms with E-state index in [1.807, 2.05) is 0 Å². The van der Waals surface area contributed by atoms with E-state index in [1.54, 1.807) is 7.11 Å². The number of aliphatic hydroxyl groups is 2. The van der Waals surface area contributed by atoms with Crippen molar-refractivity contribution in [2.45, 2.75) is 128 Å². The quantitative estimate of drug-likeness (QED) is 0.250. The monoisotopic (exact) mass is 402 g/mol. The van der Waals surface area contributed by atoms with Crippen LogP contribution in [-0.4, -0.2) is 55.1 Å². The van der Waals surface area contributed by atoms with Crippen LogP contribution < -0.4 is 0 Å². The fourth-order valence-corrected chi connectivity index (χ4v) is 4.08. The molecule has 1 rings (SSSR count). The van der Waals surface area contributed by atoms with Gasteiger partial charge in [-0.2, -0.15) is 0 Å². The van der Waals surface area contributed by atoms with Gasteiger partial charge in [0.15, 0.2) is 0 Å². The third kappa shape index (κ3) is 11.7. The van der Waals surface area contributed by atoms with Crippen LogP contribution in [0.25, 0.3) is 0 Å². The normalized spacial score (nSPS) is 23.8. The lowest BCUT2D eigenvalue weighted by Gasteiger charge is -2.38. The van der Waals surface area contributed by atoms with E-state index in [4.69, 9.17) is 14.2 Å². The molecule has 5 nitrogen and oxygen atoms in total. The molecule has 0 bridgehead atoms. The highest BCUT2D eigenvalue weighted by atomic mass is 16.7. The van der Waals surface area contributed by atoms with Gasteiger partial charge in [-0.3, -0.25) is 0 Å². The predicted octanol–water partition coefficient (Wildman–Crippen LogP) is 4.97. The van der Waals surface area contributed by atoms with Gasteiger partial charge in [0.2, 0.25) is 0 Å². The summed E-state index contributed by atoms with van der Waals surface area (Å²) in [5.41, 5.74) is 0. The first-order valence-corrected chi connectivity index (χ1v) is 11.8. The highest BCUT2D eigenvalue weighted by Crippen LogP contribution is 2.28. The van der Waals surface area contributed by atoms with Crippen molar-refractivity contribution in [1.82, 2.24) is 0 Å². The second-order valence-corrected chi connectivity index (χ2v) is 8.33. The largest absolute Gasteiger partial charge is 0.394 e. The molecule has 1 aliphatic heterocycles. The maximum absolute atomic E-state index is 9.90. The smallest absolute Gasteiger partial charge is 0.146 e. The Morgan fingerprint density at radius 2 is 1.46 bits per heavy atom. The average molecular weight is 403 g/mol. The van der Waals surface area contributed by atoms with Gasteiger partial charge in [0.1, 0.15) is 12.9 Å². The lowest BCUT2D eigenvalue weighted by atomic mass is 9.94. The third-order valence-corrected chi connectivity index (χ3v) is 5.86. The van der Waals surface area contributed by atoms with Crippen LogP contribution in [-0.2, 0) is 14.2 Å². The van der Waals surface area contributed by atoms with Gasteiger partial charge in [0.05, 0.1) is 24.9 Å². The summed E-state index contributed by atoms with van der Waals surface area (Å²) in [6.07, 6.45) is 17.5. The van der Waals surface area contributed by atoms with Crippen LogP contribution in [0.4, 0.5) is 0 Å². The number of rotatable bonds is 18. The van der Waals surface area contributed by atoms with Crippen LogP contribution in [0.2, 0.25) is 0 Å². The predicted molar refractivity (Wildman–Crippen MR) is 113 cm³/mol. The summed E-state index contributed by atoms with van der Waals surface area (Å²) in [4.78, 5) is 0. The Morgan fingerprint density at radius 3 is 2.00 bits per heavy atom. The lowest BCUT2D eigenvalue weighted by molar-refractivity contribution is -0.194. The second kappa shape index (κ2) is 17.6. The van der Waals surface area contributed by atoms with Crippen molar-refractivity contribution in [3.05, 3.63) is 0 Å². The minimum Gasteiger partial charge on any atom is -0.394 e. The van der Waals surface area contributed by atoms with Gasteiger partial charge in [-0.25, -0.2) is 0 Å². The number of aliphatic hydroxyl groups excluding tert-OH is 2. The second-order valence-electron chi connectivity index (χ2n) is 8.33. The molecule has 0 aromatic rings. The van der Waals surface area contributed by atoms with Crippen molar-refractivity contribution >= 4 is 0 Å². The molecule has 1 aliphatic rings. The minimum absolute atomic E-state index is 0.0155. The van der Waals surface area contributed by atoms with Crippen LogP contribution in [0.3, 0.4) is 0 Å². The summed E-state index contributed by atoms with van der Waals surface area (Å²) in [5, 5.41) is 19.1. The van der Waals surface area contributed by atoms with E-state index >= 15 is 0 Å². The molecule has 28 heavy (non-hydrogen) atoms. The van der Waals surface area contributed by atoms with Gasteiger partial charge in [0.25, 0.3) is 0 Å². The van der Waals surface area contributed by atoms with Crippen LogP contribution in [0.15, 0.2) is 0 Å². The molecule has 1 saturated heterocycles. The summed E-state index contributed by atoms with van der Waals surface area (Å²) in [7, 11) is 1.63. The van der Waals surface area contributed by atoms with Gasteiger partial charge in [-0.05, 0) is 19.3 Å². The molecule has 0 amide bonds. The first-order valence-electron chi connectivity index (χ1n) is 11.8. The van der Waals surface area contributed by atoms with E-state index in [0.29, 0.717) is 6.42 Å². The van der Waals surface area contributed by atoms with Crippen molar-refractivity contribution in [1.29, 1.82) is 0 Å².